The fourth-order valence-electron chi connectivity index (χ4n) is 1.37. The summed E-state index contributed by atoms with van der Waals surface area (Å²) >= 11 is 0. The van der Waals surface area contributed by atoms with E-state index in [0.29, 0.717) is 0 Å². The van der Waals surface area contributed by atoms with E-state index in [9.17, 15) is 9.90 Å². The lowest BCUT2D eigenvalue weighted by atomic mass is 10.2. The lowest BCUT2D eigenvalue weighted by Crippen LogP contribution is -2.38. The number of aliphatic hydroxyl groups excluding tert-OH is 1. The SMILES string of the molecule is CC.CC(=O)N[C@@H]1CCC[C@H]1O. The molecule has 1 aliphatic rings. The smallest absolute Gasteiger partial charge is 0.217 e. The molecule has 2 N–H and O–H groups in total. The van der Waals surface area contributed by atoms with E-state index in [-0.39, 0.29) is 18.1 Å². The number of hydrogen-bond acceptors (Lipinski definition) is 2. The quantitative estimate of drug-likeness (QED) is 0.623. The molecule has 72 valence electrons. The van der Waals surface area contributed by atoms with Crippen molar-refractivity contribution >= 4 is 5.91 Å². The summed E-state index contributed by atoms with van der Waals surface area (Å²) in [4.78, 5) is 10.5. The summed E-state index contributed by atoms with van der Waals surface area (Å²) in [5.74, 6) is -0.0500. The van der Waals surface area contributed by atoms with Gasteiger partial charge in [0.15, 0.2) is 0 Å². The first kappa shape index (κ1) is 11.4. The van der Waals surface area contributed by atoms with Crippen LogP contribution in [0, 0.1) is 0 Å². The Balaban J connectivity index is 0.000000561. The van der Waals surface area contributed by atoms with Gasteiger partial charge in [0, 0.05) is 6.92 Å². The highest BCUT2D eigenvalue weighted by atomic mass is 16.3. The van der Waals surface area contributed by atoms with Crippen molar-refractivity contribution in [2.45, 2.75) is 52.2 Å². The van der Waals surface area contributed by atoms with Crippen LogP contribution >= 0.6 is 0 Å². The van der Waals surface area contributed by atoms with Gasteiger partial charge in [-0.15, -0.1) is 0 Å². The molecule has 1 aliphatic carbocycles. The number of nitrogens with one attached hydrogen (secondary N) is 1. The zero-order chi connectivity index (χ0) is 9.56. The van der Waals surface area contributed by atoms with Crippen molar-refractivity contribution in [1.82, 2.24) is 5.32 Å². The van der Waals surface area contributed by atoms with E-state index in [1.807, 2.05) is 13.8 Å². The molecule has 0 heterocycles. The molecule has 0 unspecified atom stereocenters. The van der Waals surface area contributed by atoms with Gasteiger partial charge >= 0.3 is 0 Å². The van der Waals surface area contributed by atoms with Crippen LogP contribution in [0.1, 0.15) is 40.0 Å². The highest BCUT2D eigenvalue weighted by Crippen LogP contribution is 2.18. The summed E-state index contributed by atoms with van der Waals surface area (Å²) in [6, 6.07) is 0.0116. The maximum Gasteiger partial charge on any atom is 0.217 e. The van der Waals surface area contributed by atoms with Gasteiger partial charge in [-0.1, -0.05) is 13.8 Å². The number of carbonyl (C=O) groups is 1. The van der Waals surface area contributed by atoms with Crippen LogP contribution < -0.4 is 5.32 Å². The molecule has 0 radical (unpaired) electrons. The van der Waals surface area contributed by atoms with Crippen molar-refractivity contribution in [1.29, 1.82) is 0 Å². The summed E-state index contributed by atoms with van der Waals surface area (Å²) in [5, 5.41) is 11.9. The molecule has 3 heteroatoms. The third-order valence-corrected chi connectivity index (χ3v) is 1.87. The Morgan fingerprint density at radius 1 is 1.42 bits per heavy atom. The molecule has 0 aromatic heterocycles. The minimum Gasteiger partial charge on any atom is -0.391 e. The van der Waals surface area contributed by atoms with Crippen molar-refractivity contribution in [2.24, 2.45) is 0 Å². The summed E-state index contributed by atoms with van der Waals surface area (Å²) in [6.07, 6.45) is 2.45. The second kappa shape index (κ2) is 6.00. The topological polar surface area (TPSA) is 49.3 Å². The molecule has 2 atom stereocenters. The summed E-state index contributed by atoms with van der Waals surface area (Å²) in [7, 11) is 0. The van der Waals surface area contributed by atoms with Gasteiger partial charge in [-0.2, -0.15) is 0 Å². The molecule has 1 saturated carbocycles. The van der Waals surface area contributed by atoms with Crippen LogP contribution in [0.25, 0.3) is 0 Å². The molecule has 3 nitrogen and oxygen atoms in total. The van der Waals surface area contributed by atoms with Crippen LogP contribution in [0.5, 0.6) is 0 Å². The molecule has 0 bridgehead atoms. The van der Waals surface area contributed by atoms with Gasteiger partial charge in [-0.3, -0.25) is 4.79 Å². The van der Waals surface area contributed by atoms with E-state index >= 15 is 0 Å². The van der Waals surface area contributed by atoms with Crippen LogP contribution in [0.3, 0.4) is 0 Å². The number of carbonyl (C=O) groups excluding carboxylic acids is 1. The zero-order valence-electron chi connectivity index (χ0n) is 8.13. The van der Waals surface area contributed by atoms with Crippen LogP contribution in [-0.2, 0) is 4.79 Å². The minimum atomic E-state index is -0.316. The van der Waals surface area contributed by atoms with Gasteiger partial charge < -0.3 is 10.4 Å². The van der Waals surface area contributed by atoms with Crippen molar-refractivity contribution in [3.8, 4) is 0 Å². The molecule has 0 aromatic rings. The molecule has 0 saturated heterocycles. The monoisotopic (exact) mass is 173 g/mol. The Bertz CT molecular complexity index is 136. The lowest BCUT2D eigenvalue weighted by molar-refractivity contribution is -0.120. The van der Waals surface area contributed by atoms with Gasteiger partial charge in [0.25, 0.3) is 0 Å². The molecular formula is C9H19NO2. The normalized spacial score (nSPS) is 27.3. The predicted molar refractivity (Wildman–Crippen MR) is 48.8 cm³/mol. The average molecular weight is 173 g/mol. The first-order valence-corrected chi connectivity index (χ1v) is 4.65. The van der Waals surface area contributed by atoms with Crippen LogP contribution in [0.15, 0.2) is 0 Å². The summed E-state index contributed by atoms with van der Waals surface area (Å²) < 4.78 is 0. The molecule has 0 spiro atoms. The van der Waals surface area contributed by atoms with Crippen molar-refractivity contribution in [3.05, 3.63) is 0 Å². The van der Waals surface area contributed by atoms with Gasteiger partial charge in [-0.25, -0.2) is 0 Å². The lowest BCUT2D eigenvalue weighted by Gasteiger charge is -2.14. The number of amides is 1. The van der Waals surface area contributed by atoms with Crippen molar-refractivity contribution in [2.75, 3.05) is 0 Å². The van der Waals surface area contributed by atoms with Gasteiger partial charge in [0.2, 0.25) is 5.91 Å². The maximum atomic E-state index is 10.5. The molecule has 0 aromatic carbocycles. The molecule has 1 amide bonds. The van der Waals surface area contributed by atoms with E-state index in [1.54, 1.807) is 0 Å². The second-order valence-corrected chi connectivity index (χ2v) is 2.81. The van der Waals surface area contributed by atoms with Crippen LogP contribution in [0.2, 0.25) is 0 Å². The Kier molecular flexibility index (Phi) is 5.72. The first-order valence-electron chi connectivity index (χ1n) is 4.65. The number of hydrogen-bond donors (Lipinski definition) is 2. The third kappa shape index (κ3) is 3.72. The van der Waals surface area contributed by atoms with Gasteiger partial charge in [0.1, 0.15) is 0 Å². The Morgan fingerprint density at radius 3 is 2.33 bits per heavy atom. The van der Waals surface area contributed by atoms with Crippen molar-refractivity contribution < 1.29 is 9.90 Å². The van der Waals surface area contributed by atoms with Crippen LogP contribution in [-0.4, -0.2) is 23.2 Å². The highest BCUT2D eigenvalue weighted by Gasteiger charge is 2.25. The van der Waals surface area contributed by atoms with Crippen molar-refractivity contribution in [3.63, 3.8) is 0 Å². The minimum absolute atomic E-state index is 0.0116. The first-order chi connectivity index (χ1) is 5.70. The Hall–Kier alpha value is -0.570. The maximum absolute atomic E-state index is 10.5. The van der Waals surface area contributed by atoms with E-state index in [4.69, 9.17) is 0 Å². The molecule has 12 heavy (non-hydrogen) atoms. The molecule has 1 rings (SSSR count). The Labute approximate surface area is 74.2 Å². The van der Waals surface area contributed by atoms with Gasteiger partial charge in [-0.05, 0) is 19.3 Å². The van der Waals surface area contributed by atoms with E-state index in [2.05, 4.69) is 5.32 Å². The highest BCUT2D eigenvalue weighted by molar-refractivity contribution is 5.73. The van der Waals surface area contributed by atoms with E-state index in [0.717, 1.165) is 19.3 Å². The Morgan fingerprint density at radius 2 is 2.00 bits per heavy atom. The second-order valence-electron chi connectivity index (χ2n) is 2.81. The van der Waals surface area contributed by atoms with Gasteiger partial charge in [0.05, 0.1) is 12.1 Å². The number of aliphatic hydroxyl groups is 1. The fraction of sp³-hybridized carbons (Fsp3) is 0.889. The molecule has 1 fully saturated rings. The van der Waals surface area contributed by atoms with E-state index < -0.39 is 0 Å². The molecule has 0 aliphatic heterocycles. The summed E-state index contributed by atoms with van der Waals surface area (Å²) in [5.41, 5.74) is 0. The average Bonchev–Trinajstić information content (AvgIpc) is 2.40. The third-order valence-electron chi connectivity index (χ3n) is 1.87. The standard InChI is InChI=1S/C7H13NO2.C2H6/c1-5(9)8-6-3-2-4-7(6)10;1-2/h6-7,10H,2-4H2,1H3,(H,8,9);1-2H3/t6-,7-;/m1./s1. The summed E-state index contributed by atoms with van der Waals surface area (Å²) in [6.45, 7) is 5.48. The fourth-order valence-corrected chi connectivity index (χ4v) is 1.37. The number of rotatable bonds is 1. The van der Waals surface area contributed by atoms with E-state index in [1.165, 1.54) is 6.92 Å². The van der Waals surface area contributed by atoms with Crippen LogP contribution in [0.4, 0.5) is 0 Å². The molecular weight excluding hydrogens is 154 g/mol. The zero-order valence-corrected chi connectivity index (χ0v) is 8.13. The predicted octanol–water partition coefficient (Wildman–Crippen LogP) is 1.06. The largest absolute Gasteiger partial charge is 0.391 e.